The average Bonchev–Trinajstić information content (AvgIpc) is 3.63. The van der Waals surface area contributed by atoms with Crippen LogP contribution in [0.25, 0.3) is 66.4 Å². The van der Waals surface area contributed by atoms with Gasteiger partial charge in [0.25, 0.3) is 0 Å². The molecule has 0 atom stereocenters. The van der Waals surface area contributed by atoms with Crippen molar-refractivity contribution in [3.63, 3.8) is 0 Å². The molecule has 0 aliphatic heterocycles. The lowest BCUT2D eigenvalue weighted by Crippen LogP contribution is -2.16. The number of para-hydroxylation sites is 2. The van der Waals surface area contributed by atoms with Gasteiger partial charge in [0.15, 0.2) is 0 Å². The monoisotopic (exact) mass is 783 g/mol. The third-order valence-corrected chi connectivity index (χ3v) is 12.2. The van der Waals surface area contributed by atoms with Gasteiger partial charge in [0, 0.05) is 37.4 Å². The highest BCUT2D eigenvalue weighted by Gasteiger charge is 2.22. The van der Waals surface area contributed by atoms with Crippen LogP contribution in [-0.2, 0) is 10.8 Å². The number of benzene rings is 8. The molecular formula is C56H49NOS. The maximum Gasteiger partial charge on any atom is 0.136 e. The summed E-state index contributed by atoms with van der Waals surface area (Å²) in [5.41, 5.74) is 16.0. The molecule has 0 aliphatic carbocycles. The molecule has 2 nitrogen and oxygen atoms in total. The van der Waals surface area contributed by atoms with Crippen LogP contribution in [0, 0.1) is 0 Å². The zero-order valence-corrected chi connectivity index (χ0v) is 35.5. The van der Waals surface area contributed by atoms with Gasteiger partial charge in [0.2, 0.25) is 0 Å². The van der Waals surface area contributed by atoms with E-state index in [-0.39, 0.29) is 10.8 Å². The predicted molar refractivity (Wildman–Crippen MR) is 253 cm³/mol. The first-order valence-electron chi connectivity index (χ1n) is 20.5. The minimum Gasteiger partial charge on any atom is -0.456 e. The van der Waals surface area contributed by atoms with Gasteiger partial charge in [-0.25, -0.2) is 0 Å². The molecule has 0 saturated heterocycles. The SMILES string of the molecule is CC(C)(C)c1cc(-c2cccc(Sc3cc(Nc4c(-c5ccccc5)cccc4-c4ccccc4)cc(-c4cccc5oc6ccccc6c45)c3)c2)cc(C(C)(C)C)c1. The Morgan fingerprint density at radius 3 is 1.61 bits per heavy atom. The molecule has 1 heterocycles. The first-order chi connectivity index (χ1) is 28.5. The van der Waals surface area contributed by atoms with Gasteiger partial charge in [-0.3, -0.25) is 0 Å². The number of hydrogen-bond donors (Lipinski definition) is 1. The van der Waals surface area contributed by atoms with E-state index in [9.17, 15) is 0 Å². The van der Waals surface area contributed by atoms with Crippen LogP contribution in [0.5, 0.6) is 0 Å². The summed E-state index contributed by atoms with van der Waals surface area (Å²) in [6.07, 6.45) is 0. The van der Waals surface area contributed by atoms with Gasteiger partial charge in [-0.2, -0.15) is 0 Å². The Balaban J connectivity index is 1.20. The number of rotatable bonds is 8. The van der Waals surface area contributed by atoms with Crippen LogP contribution in [0.15, 0.2) is 196 Å². The lowest BCUT2D eigenvalue weighted by molar-refractivity contribution is 0.569. The normalized spacial score (nSPS) is 12.0. The number of anilines is 2. The standard InChI is InChI=1S/C56H49NOS/c1-55(2,3)42-30-40(31-43(35-42)56(4,5)6)39-22-15-23-45(33-39)59-46-34-41(47-25-17-29-52-53(47)50-24-13-14-28-51(50)58-52)32-44(36-46)57-54-48(37-18-9-7-10-19-37)26-16-27-49(54)38-20-11-8-12-21-38/h7-36,57H,1-6H3. The van der Waals surface area contributed by atoms with Crippen molar-refractivity contribution in [1.82, 2.24) is 0 Å². The van der Waals surface area contributed by atoms with Crippen LogP contribution in [0.3, 0.4) is 0 Å². The van der Waals surface area contributed by atoms with E-state index < -0.39 is 0 Å². The van der Waals surface area contributed by atoms with Crippen molar-refractivity contribution in [3.05, 3.63) is 193 Å². The second-order valence-electron chi connectivity index (χ2n) is 17.5. The van der Waals surface area contributed by atoms with E-state index in [2.05, 4.69) is 223 Å². The summed E-state index contributed by atoms with van der Waals surface area (Å²) in [4.78, 5) is 2.33. The third kappa shape index (κ3) is 7.96. The topological polar surface area (TPSA) is 25.2 Å². The van der Waals surface area contributed by atoms with Gasteiger partial charge in [-0.1, -0.05) is 193 Å². The zero-order chi connectivity index (χ0) is 40.7. The van der Waals surface area contributed by atoms with E-state index >= 15 is 0 Å². The van der Waals surface area contributed by atoms with Crippen LogP contribution < -0.4 is 5.32 Å². The van der Waals surface area contributed by atoms with E-state index in [0.717, 1.165) is 71.6 Å². The van der Waals surface area contributed by atoms with Gasteiger partial charge in [0.05, 0.1) is 5.69 Å². The molecule has 9 aromatic rings. The zero-order valence-electron chi connectivity index (χ0n) is 34.6. The average molecular weight is 784 g/mol. The Bertz CT molecular complexity index is 2860. The predicted octanol–water partition coefficient (Wildman–Crippen LogP) is 16.7. The molecule has 9 rings (SSSR count). The van der Waals surface area contributed by atoms with Gasteiger partial charge >= 0.3 is 0 Å². The van der Waals surface area contributed by atoms with Crippen LogP contribution >= 0.6 is 11.8 Å². The fourth-order valence-electron chi connectivity index (χ4n) is 7.98. The largest absolute Gasteiger partial charge is 0.456 e. The van der Waals surface area contributed by atoms with Gasteiger partial charge in [0.1, 0.15) is 11.2 Å². The maximum absolute atomic E-state index is 6.39. The Morgan fingerprint density at radius 1 is 0.407 bits per heavy atom. The highest BCUT2D eigenvalue weighted by atomic mass is 32.2. The fraction of sp³-hybridized carbons (Fsp3) is 0.143. The first kappa shape index (κ1) is 38.2. The van der Waals surface area contributed by atoms with Crippen molar-refractivity contribution in [2.45, 2.75) is 62.2 Å². The molecule has 0 saturated carbocycles. The van der Waals surface area contributed by atoms with E-state index in [1.165, 1.54) is 27.1 Å². The number of fused-ring (bicyclic) bond motifs is 3. The highest BCUT2D eigenvalue weighted by Crippen LogP contribution is 2.44. The Hall–Kier alpha value is -6.29. The highest BCUT2D eigenvalue weighted by molar-refractivity contribution is 7.99. The summed E-state index contributed by atoms with van der Waals surface area (Å²) < 4.78 is 6.39. The Morgan fingerprint density at radius 2 is 0.949 bits per heavy atom. The summed E-state index contributed by atoms with van der Waals surface area (Å²) in [6, 6.07) is 65.8. The molecule has 1 N–H and O–H groups in total. The van der Waals surface area contributed by atoms with E-state index in [1.807, 2.05) is 6.07 Å². The molecular weight excluding hydrogens is 735 g/mol. The fourth-order valence-corrected chi connectivity index (χ4v) is 8.96. The molecule has 1 aromatic heterocycles. The molecule has 8 aromatic carbocycles. The van der Waals surface area contributed by atoms with Gasteiger partial charge in [-0.05, 0) is 97.8 Å². The van der Waals surface area contributed by atoms with Crippen LogP contribution in [0.4, 0.5) is 11.4 Å². The molecule has 0 bridgehead atoms. The van der Waals surface area contributed by atoms with E-state index in [1.54, 1.807) is 11.8 Å². The molecule has 290 valence electrons. The summed E-state index contributed by atoms with van der Waals surface area (Å²) in [5, 5.41) is 6.24. The lowest BCUT2D eigenvalue weighted by Gasteiger charge is -2.26. The van der Waals surface area contributed by atoms with Crippen molar-refractivity contribution in [2.24, 2.45) is 0 Å². The van der Waals surface area contributed by atoms with Crippen molar-refractivity contribution in [3.8, 4) is 44.5 Å². The molecule has 0 fully saturated rings. The minimum atomic E-state index is 0.0366. The maximum atomic E-state index is 6.39. The third-order valence-electron chi connectivity index (χ3n) is 11.2. The van der Waals surface area contributed by atoms with E-state index in [0.29, 0.717) is 0 Å². The van der Waals surface area contributed by atoms with Gasteiger partial charge < -0.3 is 9.73 Å². The van der Waals surface area contributed by atoms with E-state index in [4.69, 9.17) is 4.42 Å². The molecule has 0 aliphatic rings. The Labute approximate surface area is 353 Å². The minimum absolute atomic E-state index is 0.0366. The number of hydrogen-bond acceptors (Lipinski definition) is 3. The lowest BCUT2D eigenvalue weighted by atomic mass is 9.79. The van der Waals surface area contributed by atoms with Crippen molar-refractivity contribution < 1.29 is 4.42 Å². The number of furan rings is 1. The summed E-state index contributed by atoms with van der Waals surface area (Å²) >= 11 is 1.80. The second kappa shape index (κ2) is 15.5. The summed E-state index contributed by atoms with van der Waals surface area (Å²) in [6.45, 7) is 13.8. The smallest absolute Gasteiger partial charge is 0.136 e. The van der Waals surface area contributed by atoms with Crippen LogP contribution in [0.1, 0.15) is 52.7 Å². The van der Waals surface area contributed by atoms with Crippen molar-refractivity contribution >= 4 is 45.1 Å². The quantitative estimate of drug-likeness (QED) is 0.166. The summed E-state index contributed by atoms with van der Waals surface area (Å²) in [7, 11) is 0. The first-order valence-corrected chi connectivity index (χ1v) is 21.3. The molecule has 0 amide bonds. The molecule has 0 spiro atoms. The van der Waals surface area contributed by atoms with Crippen molar-refractivity contribution in [1.29, 1.82) is 0 Å². The molecule has 0 radical (unpaired) electrons. The van der Waals surface area contributed by atoms with Crippen LogP contribution in [0.2, 0.25) is 0 Å². The number of nitrogens with one attached hydrogen (secondary N) is 1. The Kier molecular flexibility index (Phi) is 10.0. The molecule has 59 heavy (non-hydrogen) atoms. The van der Waals surface area contributed by atoms with Gasteiger partial charge in [-0.15, -0.1) is 0 Å². The summed E-state index contributed by atoms with van der Waals surface area (Å²) in [5.74, 6) is 0. The molecule has 3 heteroatoms. The van der Waals surface area contributed by atoms with Crippen molar-refractivity contribution in [2.75, 3.05) is 5.32 Å². The molecule has 0 unspecified atom stereocenters. The van der Waals surface area contributed by atoms with Crippen LogP contribution in [-0.4, -0.2) is 0 Å². The second-order valence-corrected chi connectivity index (χ2v) is 18.7.